The molecule has 0 unspecified atom stereocenters. The van der Waals surface area contributed by atoms with Crippen LogP contribution in [-0.2, 0) is 16.1 Å². The van der Waals surface area contributed by atoms with Gasteiger partial charge in [-0.1, -0.05) is 12.1 Å². The highest BCUT2D eigenvalue weighted by molar-refractivity contribution is 5.91. The van der Waals surface area contributed by atoms with Crippen LogP contribution in [-0.4, -0.2) is 46.8 Å². The Morgan fingerprint density at radius 3 is 2.52 bits per heavy atom. The molecule has 1 spiro atoms. The fourth-order valence-electron chi connectivity index (χ4n) is 4.20. The van der Waals surface area contributed by atoms with Crippen molar-refractivity contribution >= 4 is 11.8 Å². The molecule has 25 heavy (non-hydrogen) atoms. The number of benzene rings is 1. The Bertz CT molecular complexity index is 701. The minimum absolute atomic E-state index is 0.00725. The van der Waals surface area contributed by atoms with E-state index in [1.165, 1.54) is 12.1 Å². The van der Waals surface area contributed by atoms with E-state index in [1.807, 2.05) is 4.90 Å². The number of likely N-dealkylation sites (tertiary alicyclic amines) is 2. The topological polar surface area (TPSA) is 66.6 Å². The molecular formula is C19H24FN3O2. The lowest BCUT2D eigenvalue weighted by Gasteiger charge is -2.39. The lowest BCUT2D eigenvalue weighted by molar-refractivity contribution is -0.147. The number of carbonyl (C=O) groups is 2. The van der Waals surface area contributed by atoms with Gasteiger partial charge in [-0.25, -0.2) is 4.39 Å². The lowest BCUT2D eigenvalue weighted by atomic mass is 9.78. The largest absolute Gasteiger partial charge is 0.340 e. The summed E-state index contributed by atoms with van der Waals surface area (Å²) >= 11 is 0. The molecule has 2 aliphatic heterocycles. The average molecular weight is 345 g/mol. The van der Waals surface area contributed by atoms with Gasteiger partial charge in [-0.05, 0) is 49.8 Å². The van der Waals surface area contributed by atoms with Crippen molar-refractivity contribution in [1.29, 1.82) is 0 Å². The van der Waals surface area contributed by atoms with Crippen molar-refractivity contribution in [2.45, 2.75) is 44.2 Å². The smallest absolute Gasteiger partial charge is 0.242 e. The van der Waals surface area contributed by atoms with E-state index in [0.29, 0.717) is 32.6 Å². The SMILES string of the molecule is NC1(C(=O)N2CC[C@]3(CCCN(Cc4ccc(F)cc4)C3=O)C2)CC1. The maximum atomic E-state index is 13.1. The summed E-state index contributed by atoms with van der Waals surface area (Å²) in [5.41, 5.74) is 5.85. The fraction of sp³-hybridized carbons (Fsp3) is 0.579. The Morgan fingerprint density at radius 2 is 1.84 bits per heavy atom. The van der Waals surface area contributed by atoms with E-state index in [1.54, 1.807) is 17.0 Å². The maximum absolute atomic E-state index is 13.1. The molecule has 3 fully saturated rings. The Hall–Kier alpha value is -1.95. The summed E-state index contributed by atoms with van der Waals surface area (Å²) in [6.45, 7) is 2.32. The molecule has 3 aliphatic rings. The highest BCUT2D eigenvalue weighted by atomic mass is 19.1. The molecule has 1 aromatic carbocycles. The van der Waals surface area contributed by atoms with Gasteiger partial charge < -0.3 is 15.5 Å². The van der Waals surface area contributed by atoms with E-state index in [9.17, 15) is 14.0 Å². The molecule has 2 heterocycles. The van der Waals surface area contributed by atoms with Gasteiger partial charge in [0.1, 0.15) is 5.82 Å². The second-order valence-electron chi connectivity index (χ2n) is 7.87. The van der Waals surface area contributed by atoms with Crippen LogP contribution in [0.2, 0.25) is 0 Å². The highest BCUT2D eigenvalue weighted by Crippen LogP contribution is 2.43. The molecule has 1 aliphatic carbocycles. The van der Waals surface area contributed by atoms with Crippen LogP contribution < -0.4 is 5.73 Å². The van der Waals surface area contributed by atoms with Gasteiger partial charge in [-0.3, -0.25) is 9.59 Å². The van der Waals surface area contributed by atoms with E-state index in [-0.39, 0.29) is 17.6 Å². The monoisotopic (exact) mass is 345 g/mol. The highest BCUT2D eigenvalue weighted by Gasteiger charge is 2.54. The zero-order chi connectivity index (χ0) is 17.7. The molecule has 5 nitrogen and oxygen atoms in total. The van der Waals surface area contributed by atoms with Crippen LogP contribution in [0.4, 0.5) is 4.39 Å². The summed E-state index contributed by atoms with van der Waals surface area (Å²) in [5.74, 6) is -0.140. The van der Waals surface area contributed by atoms with E-state index in [2.05, 4.69) is 0 Å². The quantitative estimate of drug-likeness (QED) is 0.906. The number of halogens is 1. The summed E-state index contributed by atoms with van der Waals surface area (Å²) in [6, 6.07) is 6.29. The van der Waals surface area contributed by atoms with Gasteiger partial charge >= 0.3 is 0 Å². The Balaban J connectivity index is 1.46. The van der Waals surface area contributed by atoms with Gasteiger partial charge in [-0.2, -0.15) is 0 Å². The summed E-state index contributed by atoms with van der Waals surface area (Å²) in [4.78, 5) is 29.3. The van der Waals surface area contributed by atoms with Crippen molar-refractivity contribution in [2.75, 3.05) is 19.6 Å². The molecule has 2 saturated heterocycles. The molecule has 0 radical (unpaired) electrons. The first-order chi connectivity index (χ1) is 11.9. The Morgan fingerprint density at radius 1 is 1.12 bits per heavy atom. The minimum Gasteiger partial charge on any atom is -0.340 e. The van der Waals surface area contributed by atoms with Gasteiger partial charge in [0.25, 0.3) is 0 Å². The Kier molecular flexibility index (Phi) is 3.83. The van der Waals surface area contributed by atoms with E-state index < -0.39 is 11.0 Å². The van der Waals surface area contributed by atoms with E-state index in [0.717, 1.165) is 31.2 Å². The molecule has 1 aromatic rings. The molecule has 2 amide bonds. The average Bonchev–Trinajstić information content (AvgIpc) is 3.21. The Labute approximate surface area is 147 Å². The van der Waals surface area contributed by atoms with Crippen LogP contribution in [0.15, 0.2) is 24.3 Å². The van der Waals surface area contributed by atoms with Crippen LogP contribution in [0.3, 0.4) is 0 Å². The molecule has 134 valence electrons. The van der Waals surface area contributed by atoms with Crippen molar-refractivity contribution in [3.8, 4) is 0 Å². The maximum Gasteiger partial charge on any atom is 0.242 e. The third-order valence-electron chi connectivity index (χ3n) is 5.97. The number of amides is 2. The summed E-state index contributed by atoms with van der Waals surface area (Å²) < 4.78 is 13.1. The third-order valence-corrected chi connectivity index (χ3v) is 5.97. The number of nitrogens with zero attached hydrogens (tertiary/aromatic N) is 2. The first-order valence-electron chi connectivity index (χ1n) is 9.04. The molecule has 4 rings (SSSR count). The van der Waals surface area contributed by atoms with Crippen LogP contribution in [0.1, 0.15) is 37.7 Å². The van der Waals surface area contributed by atoms with Gasteiger partial charge in [0.2, 0.25) is 11.8 Å². The molecule has 6 heteroatoms. The normalized spacial score (nSPS) is 27.8. The molecule has 1 atom stereocenters. The third kappa shape index (κ3) is 2.92. The molecule has 2 N–H and O–H groups in total. The van der Waals surface area contributed by atoms with Gasteiger partial charge in [0.15, 0.2) is 0 Å². The molecular weight excluding hydrogens is 321 g/mol. The summed E-state index contributed by atoms with van der Waals surface area (Å²) in [7, 11) is 0. The standard InChI is InChI=1S/C19H24FN3O2/c20-15-4-2-14(3-5-15)12-22-10-1-6-18(16(22)24)9-11-23(13-18)17(25)19(21)7-8-19/h2-5H,1,6-13,21H2/t18-/m1/s1. The molecule has 0 bridgehead atoms. The second kappa shape index (κ2) is 5.80. The van der Waals surface area contributed by atoms with Crippen molar-refractivity contribution in [3.05, 3.63) is 35.6 Å². The zero-order valence-electron chi connectivity index (χ0n) is 14.3. The minimum atomic E-state index is -0.670. The predicted octanol–water partition coefficient (Wildman–Crippen LogP) is 1.66. The number of rotatable bonds is 3. The van der Waals surface area contributed by atoms with Gasteiger partial charge in [0.05, 0.1) is 11.0 Å². The number of hydrogen-bond donors (Lipinski definition) is 1. The first kappa shape index (κ1) is 16.5. The van der Waals surface area contributed by atoms with E-state index in [4.69, 9.17) is 5.73 Å². The van der Waals surface area contributed by atoms with Crippen molar-refractivity contribution < 1.29 is 14.0 Å². The van der Waals surface area contributed by atoms with Gasteiger partial charge in [0, 0.05) is 26.2 Å². The van der Waals surface area contributed by atoms with E-state index >= 15 is 0 Å². The molecule has 0 aromatic heterocycles. The van der Waals surface area contributed by atoms with Crippen LogP contribution >= 0.6 is 0 Å². The van der Waals surface area contributed by atoms with Crippen molar-refractivity contribution in [3.63, 3.8) is 0 Å². The second-order valence-corrected chi connectivity index (χ2v) is 7.87. The van der Waals surface area contributed by atoms with Gasteiger partial charge in [-0.15, -0.1) is 0 Å². The number of hydrogen-bond acceptors (Lipinski definition) is 3. The lowest BCUT2D eigenvalue weighted by Crippen LogP contribution is -2.51. The number of carbonyl (C=O) groups excluding carboxylic acids is 2. The zero-order valence-corrected chi connectivity index (χ0v) is 14.3. The summed E-state index contributed by atoms with van der Waals surface area (Å²) in [6.07, 6.45) is 3.98. The molecule has 1 saturated carbocycles. The van der Waals surface area contributed by atoms with Crippen LogP contribution in [0.5, 0.6) is 0 Å². The van der Waals surface area contributed by atoms with Crippen LogP contribution in [0.25, 0.3) is 0 Å². The summed E-state index contributed by atoms with van der Waals surface area (Å²) in [5, 5.41) is 0. The van der Waals surface area contributed by atoms with Crippen molar-refractivity contribution in [2.24, 2.45) is 11.1 Å². The predicted molar refractivity (Wildman–Crippen MR) is 90.8 cm³/mol. The number of piperidine rings is 1. The van der Waals surface area contributed by atoms with Crippen molar-refractivity contribution in [1.82, 2.24) is 9.80 Å². The van der Waals surface area contributed by atoms with Crippen LogP contribution in [0, 0.1) is 11.2 Å². The number of nitrogens with two attached hydrogens (primary N) is 1. The first-order valence-corrected chi connectivity index (χ1v) is 9.04. The fourth-order valence-corrected chi connectivity index (χ4v) is 4.20.